The maximum atomic E-state index is 13.0. The number of nitrogens with zero attached hydrogens (tertiary/aromatic N) is 1. The maximum absolute atomic E-state index is 13.0. The molecule has 0 aliphatic carbocycles. The maximum Gasteiger partial charge on any atom is 0.371 e. The molecule has 0 aromatic heterocycles. The van der Waals surface area contributed by atoms with Gasteiger partial charge in [0.25, 0.3) is 0 Å². The van der Waals surface area contributed by atoms with Crippen LogP contribution in [0.1, 0.15) is 72.1 Å². The van der Waals surface area contributed by atoms with Gasteiger partial charge in [-0.2, -0.15) is 5.26 Å². The van der Waals surface area contributed by atoms with Crippen LogP contribution >= 0.6 is 7.60 Å². The van der Waals surface area contributed by atoms with E-state index in [4.69, 9.17) is 9.05 Å². The van der Waals surface area contributed by atoms with Gasteiger partial charge in [-0.15, -0.1) is 0 Å². The van der Waals surface area contributed by atoms with Crippen LogP contribution in [0.15, 0.2) is 17.4 Å². The summed E-state index contributed by atoms with van der Waals surface area (Å²) in [6.07, 6.45) is 1.54. The highest BCUT2D eigenvalue weighted by molar-refractivity contribution is 7.59. The van der Waals surface area contributed by atoms with Crippen LogP contribution in [0.2, 0.25) is 0 Å². The van der Waals surface area contributed by atoms with Gasteiger partial charge in [0, 0.05) is 11.1 Å². The first-order valence-corrected chi connectivity index (χ1v) is 10.7. The van der Waals surface area contributed by atoms with Crippen LogP contribution in [0.4, 0.5) is 0 Å². The lowest BCUT2D eigenvalue weighted by molar-refractivity contribution is 0.227. The monoisotopic (exact) mass is 393 g/mol. The Morgan fingerprint density at radius 2 is 1.48 bits per heavy atom. The molecule has 0 fully saturated rings. The summed E-state index contributed by atoms with van der Waals surface area (Å²) in [6, 6.07) is 5.62. The predicted molar refractivity (Wildman–Crippen MR) is 110 cm³/mol. The third-order valence-corrected chi connectivity index (χ3v) is 6.07. The van der Waals surface area contributed by atoms with E-state index in [0.717, 1.165) is 11.1 Å². The Hall–Kier alpha value is -1.60. The van der Waals surface area contributed by atoms with Crippen LogP contribution in [0.3, 0.4) is 0 Å². The second-order valence-electron chi connectivity index (χ2n) is 8.44. The van der Waals surface area contributed by atoms with Crippen molar-refractivity contribution in [2.24, 2.45) is 0 Å². The highest BCUT2D eigenvalue weighted by Gasteiger charge is 2.31. The van der Waals surface area contributed by atoms with E-state index in [9.17, 15) is 14.9 Å². The van der Waals surface area contributed by atoms with Crippen molar-refractivity contribution in [1.82, 2.24) is 0 Å². The normalized spacial score (nSPS) is 13.5. The lowest BCUT2D eigenvalue weighted by Crippen LogP contribution is -2.17. The van der Waals surface area contributed by atoms with Crippen LogP contribution in [0.5, 0.6) is 5.75 Å². The average molecular weight is 393 g/mol. The molecule has 5 nitrogen and oxygen atoms in total. The van der Waals surface area contributed by atoms with Crippen LogP contribution < -0.4 is 0 Å². The molecule has 0 aliphatic heterocycles. The minimum atomic E-state index is -3.68. The van der Waals surface area contributed by atoms with Crippen LogP contribution in [0.25, 0.3) is 6.08 Å². The fraction of sp³-hybridized carbons (Fsp3) is 0.571. The fourth-order valence-corrected chi connectivity index (χ4v) is 4.19. The molecular weight excluding hydrogens is 361 g/mol. The lowest BCUT2D eigenvalue weighted by Gasteiger charge is -2.28. The summed E-state index contributed by atoms with van der Waals surface area (Å²) < 4.78 is 23.6. The number of phenolic OH excluding ortho intramolecular Hbond substituents is 1. The van der Waals surface area contributed by atoms with Crippen molar-refractivity contribution in [3.05, 3.63) is 34.1 Å². The number of benzene rings is 1. The Balaban J connectivity index is 3.72. The second-order valence-corrected chi connectivity index (χ2v) is 10.4. The van der Waals surface area contributed by atoms with Crippen molar-refractivity contribution in [2.75, 3.05) is 13.2 Å². The van der Waals surface area contributed by atoms with Gasteiger partial charge in [-0.3, -0.25) is 4.57 Å². The van der Waals surface area contributed by atoms with E-state index in [-0.39, 0.29) is 35.1 Å². The Morgan fingerprint density at radius 1 is 1.07 bits per heavy atom. The summed E-state index contributed by atoms with van der Waals surface area (Å²) >= 11 is 0. The summed E-state index contributed by atoms with van der Waals surface area (Å²) in [5, 5.41) is 20.4. The van der Waals surface area contributed by atoms with Gasteiger partial charge in [0.1, 0.15) is 17.1 Å². The van der Waals surface area contributed by atoms with E-state index in [1.807, 2.05) is 59.7 Å². The Bertz CT molecular complexity index is 747. The Labute approximate surface area is 163 Å². The molecule has 0 saturated heterocycles. The van der Waals surface area contributed by atoms with Crippen molar-refractivity contribution < 1.29 is 18.7 Å². The molecule has 1 aromatic carbocycles. The number of rotatable bonds is 6. The molecule has 0 spiro atoms. The molecule has 0 amide bonds. The molecule has 1 rings (SSSR count). The molecule has 0 saturated carbocycles. The molecule has 0 bridgehead atoms. The molecule has 1 aromatic rings. The molecule has 0 unspecified atom stereocenters. The van der Waals surface area contributed by atoms with Crippen molar-refractivity contribution in [3.63, 3.8) is 0 Å². The van der Waals surface area contributed by atoms with Gasteiger partial charge in [0.05, 0.1) is 13.2 Å². The highest BCUT2D eigenvalue weighted by atomic mass is 31.2. The van der Waals surface area contributed by atoms with Crippen LogP contribution in [0, 0.1) is 11.3 Å². The highest BCUT2D eigenvalue weighted by Crippen LogP contribution is 2.56. The fourth-order valence-electron chi connectivity index (χ4n) is 2.73. The third-order valence-electron chi connectivity index (χ3n) is 4.06. The van der Waals surface area contributed by atoms with E-state index in [2.05, 4.69) is 0 Å². The zero-order valence-corrected chi connectivity index (χ0v) is 18.6. The zero-order valence-electron chi connectivity index (χ0n) is 17.7. The Kier molecular flexibility index (Phi) is 7.47. The first-order chi connectivity index (χ1) is 12.3. The van der Waals surface area contributed by atoms with Gasteiger partial charge in [0.15, 0.2) is 0 Å². The minimum absolute atomic E-state index is 0.0448. The summed E-state index contributed by atoms with van der Waals surface area (Å²) in [5.41, 5.74) is 1.61. The van der Waals surface area contributed by atoms with Crippen molar-refractivity contribution >= 4 is 13.7 Å². The van der Waals surface area contributed by atoms with Gasteiger partial charge >= 0.3 is 7.60 Å². The van der Waals surface area contributed by atoms with E-state index in [1.165, 1.54) is 6.08 Å². The molecular formula is C21H32NO4P. The quantitative estimate of drug-likeness (QED) is 0.465. The van der Waals surface area contributed by atoms with Crippen LogP contribution in [-0.4, -0.2) is 18.3 Å². The van der Waals surface area contributed by atoms with Crippen molar-refractivity contribution in [1.29, 1.82) is 5.26 Å². The topological polar surface area (TPSA) is 79.5 Å². The first-order valence-electron chi connectivity index (χ1n) is 9.19. The number of phenols is 1. The van der Waals surface area contributed by atoms with E-state index >= 15 is 0 Å². The predicted octanol–water partition coefficient (Wildman–Crippen LogP) is 6.12. The molecule has 0 atom stereocenters. The molecule has 0 aliphatic rings. The summed E-state index contributed by atoms with van der Waals surface area (Å²) in [4.78, 5) is 0. The number of nitriles is 1. The Morgan fingerprint density at radius 3 is 1.78 bits per heavy atom. The van der Waals surface area contributed by atoms with Gasteiger partial charge < -0.3 is 14.2 Å². The zero-order chi connectivity index (χ0) is 21.0. The number of hydrogen-bond acceptors (Lipinski definition) is 5. The number of allylic oxidation sites excluding steroid dienone is 1. The van der Waals surface area contributed by atoms with E-state index in [1.54, 1.807) is 13.8 Å². The SMILES string of the molecule is CCOP(=O)(OCC)/C(C#N)=C\c1cc(C(C)(C)C)c(O)c(C(C)(C)C)c1. The van der Waals surface area contributed by atoms with E-state index in [0.29, 0.717) is 5.56 Å². The lowest BCUT2D eigenvalue weighted by atomic mass is 9.78. The second kappa shape index (κ2) is 8.61. The summed E-state index contributed by atoms with van der Waals surface area (Å²) in [5.74, 6) is 0.253. The minimum Gasteiger partial charge on any atom is -0.507 e. The first kappa shape index (κ1) is 23.4. The van der Waals surface area contributed by atoms with Gasteiger partial charge in [0.2, 0.25) is 0 Å². The van der Waals surface area contributed by atoms with Crippen LogP contribution in [-0.2, 0) is 24.4 Å². The van der Waals surface area contributed by atoms with Crippen molar-refractivity contribution in [3.8, 4) is 11.8 Å². The van der Waals surface area contributed by atoms with Crippen molar-refractivity contribution in [2.45, 2.75) is 66.2 Å². The van der Waals surface area contributed by atoms with Gasteiger partial charge in [-0.25, -0.2) is 0 Å². The third kappa shape index (κ3) is 5.69. The molecule has 1 N–H and O–H groups in total. The smallest absolute Gasteiger partial charge is 0.371 e. The molecule has 150 valence electrons. The number of aromatic hydroxyl groups is 1. The number of hydrogen-bond donors (Lipinski definition) is 1. The molecule has 0 heterocycles. The summed E-state index contributed by atoms with van der Waals surface area (Å²) in [6.45, 7) is 15.8. The average Bonchev–Trinajstić information content (AvgIpc) is 2.51. The summed E-state index contributed by atoms with van der Waals surface area (Å²) in [7, 11) is -3.68. The molecule has 0 radical (unpaired) electrons. The standard InChI is InChI=1S/C21H32NO4P/c1-9-25-27(24,26-10-2)16(14-22)11-15-12-17(20(3,4)5)19(23)18(13-15)21(6,7)8/h11-13,23H,9-10H2,1-8H3/b16-11-. The largest absolute Gasteiger partial charge is 0.507 e. The molecule has 27 heavy (non-hydrogen) atoms. The van der Waals surface area contributed by atoms with Gasteiger partial charge in [-0.05, 0) is 48.4 Å². The molecule has 6 heteroatoms. The van der Waals surface area contributed by atoms with E-state index < -0.39 is 7.60 Å². The van der Waals surface area contributed by atoms with Gasteiger partial charge in [-0.1, -0.05) is 41.5 Å².